The molecule has 1 rings (SSSR count). The highest BCUT2D eigenvalue weighted by Gasteiger charge is 2.16. The smallest absolute Gasteiger partial charge is 0.123 e. The summed E-state index contributed by atoms with van der Waals surface area (Å²) in [5.41, 5.74) is 3.38. The first-order valence-electron chi connectivity index (χ1n) is 6.78. The summed E-state index contributed by atoms with van der Waals surface area (Å²) in [6.45, 7) is 8.00. The number of hydrogen-bond acceptors (Lipinski definition) is 1. The second-order valence-corrected chi connectivity index (χ2v) is 5.56. The molecule has 19 heavy (non-hydrogen) atoms. The third-order valence-corrected chi connectivity index (χ3v) is 3.37. The zero-order chi connectivity index (χ0) is 14.4. The highest BCUT2D eigenvalue weighted by molar-refractivity contribution is 5.53. The van der Waals surface area contributed by atoms with Crippen molar-refractivity contribution in [2.24, 2.45) is 5.92 Å². The summed E-state index contributed by atoms with van der Waals surface area (Å²) in [7, 11) is 0. The summed E-state index contributed by atoms with van der Waals surface area (Å²) in [4.78, 5) is 10.9. The topological polar surface area (TPSA) is 17.1 Å². The molecule has 0 aliphatic heterocycles. The highest BCUT2D eigenvalue weighted by atomic mass is 19.1. The van der Waals surface area contributed by atoms with Gasteiger partial charge in [0, 0.05) is 5.92 Å². The third-order valence-electron chi connectivity index (χ3n) is 3.37. The summed E-state index contributed by atoms with van der Waals surface area (Å²) in [5.74, 6) is 0.0985. The van der Waals surface area contributed by atoms with Gasteiger partial charge in [0.25, 0.3) is 0 Å². The second-order valence-electron chi connectivity index (χ2n) is 5.56. The second kappa shape index (κ2) is 7.22. The zero-order valence-electron chi connectivity index (χ0n) is 12.2. The van der Waals surface area contributed by atoms with Crippen molar-refractivity contribution in [3.8, 4) is 0 Å². The summed E-state index contributed by atoms with van der Waals surface area (Å²) < 4.78 is 13.2. The lowest BCUT2D eigenvalue weighted by molar-refractivity contribution is -0.110. The van der Waals surface area contributed by atoms with Crippen LogP contribution in [-0.2, 0) is 4.79 Å². The molecule has 1 nitrogen and oxygen atoms in total. The standard InChI is InChI=1S/C17H23FO/c1-12(2)5-6-15(9-13(3)11-19)17-8-7-16(18)10-14(17)4/h5,7-8,10-11,13,15H,6,9H2,1-4H3. The Hall–Kier alpha value is -1.44. The Kier molecular flexibility index (Phi) is 5.94. The Balaban J connectivity index is 3.00. The van der Waals surface area contributed by atoms with E-state index >= 15 is 0 Å². The van der Waals surface area contributed by atoms with Crippen molar-refractivity contribution in [3.63, 3.8) is 0 Å². The molecule has 0 radical (unpaired) electrons. The summed E-state index contributed by atoms with van der Waals surface area (Å²) in [6.07, 6.45) is 4.88. The minimum Gasteiger partial charge on any atom is -0.303 e. The molecule has 0 saturated carbocycles. The molecule has 0 aliphatic rings. The average Bonchev–Trinajstić information content (AvgIpc) is 2.34. The molecular formula is C17H23FO. The van der Waals surface area contributed by atoms with E-state index in [-0.39, 0.29) is 17.7 Å². The molecule has 0 heterocycles. The monoisotopic (exact) mass is 262 g/mol. The number of halogens is 1. The van der Waals surface area contributed by atoms with Crippen LogP contribution in [0.1, 0.15) is 50.7 Å². The number of carbonyl (C=O) groups is 1. The Bertz CT molecular complexity index is 458. The predicted octanol–water partition coefficient (Wildman–Crippen LogP) is 4.80. The van der Waals surface area contributed by atoms with Crippen molar-refractivity contribution in [1.82, 2.24) is 0 Å². The summed E-state index contributed by atoms with van der Waals surface area (Å²) >= 11 is 0. The SMILES string of the molecule is CC(C)=CCC(CC(C)C=O)c1ccc(F)cc1C. The average molecular weight is 262 g/mol. The van der Waals surface area contributed by atoms with Crippen molar-refractivity contribution in [2.75, 3.05) is 0 Å². The fraction of sp³-hybridized carbons (Fsp3) is 0.471. The van der Waals surface area contributed by atoms with Gasteiger partial charge >= 0.3 is 0 Å². The van der Waals surface area contributed by atoms with Gasteiger partial charge in [-0.1, -0.05) is 24.6 Å². The number of benzene rings is 1. The lowest BCUT2D eigenvalue weighted by Gasteiger charge is -2.20. The maximum absolute atomic E-state index is 13.2. The lowest BCUT2D eigenvalue weighted by Crippen LogP contribution is -2.07. The van der Waals surface area contributed by atoms with Crippen LogP contribution in [0.5, 0.6) is 0 Å². The van der Waals surface area contributed by atoms with Gasteiger partial charge in [0.05, 0.1) is 0 Å². The van der Waals surface area contributed by atoms with E-state index in [1.165, 1.54) is 11.6 Å². The minimum atomic E-state index is -0.203. The van der Waals surface area contributed by atoms with Crippen LogP contribution in [0, 0.1) is 18.7 Å². The van der Waals surface area contributed by atoms with Crippen LogP contribution >= 0.6 is 0 Å². The number of hydrogen-bond donors (Lipinski definition) is 0. The number of rotatable bonds is 6. The summed E-state index contributed by atoms with van der Waals surface area (Å²) in [5, 5.41) is 0. The first-order chi connectivity index (χ1) is 8.93. The molecule has 2 heteroatoms. The molecule has 0 fully saturated rings. The van der Waals surface area contributed by atoms with Crippen LogP contribution < -0.4 is 0 Å². The molecule has 1 aromatic carbocycles. The van der Waals surface area contributed by atoms with E-state index in [1.807, 2.05) is 19.9 Å². The van der Waals surface area contributed by atoms with Crippen LogP contribution in [0.3, 0.4) is 0 Å². The molecule has 0 aliphatic carbocycles. The normalized spacial score (nSPS) is 13.7. The van der Waals surface area contributed by atoms with E-state index in [2.05, 4.69) is 19.9 Å². The van der Waals surface area contributed by atoms with Crippen molar-refractivity contribution in [3.05, 3.63) is 46.8 Å². The van der Waals surface area contributed by atoms with Crippen LogP contribution in [0.15, 0.2) is 29.8 Å². The molecule has 0 spiro atoms. The molecule has 0 aromatic heterocycles. The van der Waals surface area contributed by atoms with Crippen molar-refractivity contribution < 1.29 is 9.18 Å². The predicted molar refractivity (Wildman–Crippen MR) is 77.8 cm³/mol. The lowest BCUT2D eigenvalue weighted by atomic mass is 9.85. The van der Waals surface area contributed by atoms with Gasteiger partial charge in [-0.05, 0) is 62.8 Å². The van der Waals surface area contributed by atoms with E-state index in [9.17, 15) is 9.18 Å². The molecule has 2 atom stereocenters. The fourth-order valence-corrected chi connectivity index (χ4v) is 2.33. The van der Waals surface area contributed by atoms with E-state index < -0.39 is 0 Å². The van der Waals surface area contributed by atoms with Crippen molar-refractivity contribution in [2.45, 2.75) is 46.5 Å². The first kappa shape index (κ1) is 15.6. The van der Waals surface area contributed by atoms with Gasteiger partial charge in [-0.25, -0.2) is 4.39 Å². The van der Waals surface area contributed by atoms with Crippen LogP contribution in [-0.4, -0.2) is 6.29 Å². The number of allylic oxidation sites excluding steroid dienone is 2. The number of carbonyl (C=O) groups excluding carboxylic acids is 1. The molecule has 104 valence electrons. The number of aryl methyl sites for hydroxylation is 1. The van der Waals surface area contributed by atoms with E-state index in [1.54, 1.807) is 6.07 Å². The van der Waals surface area contributed by atoms with Gasteiger partial charge in [-0.2, -0.15) is 0 Å². The molecule has 0 saturated heterocycles. The van der Waals surface area contributed by atoms with Gasteiger partial charge in [0.1, 0.15) is 12.1 Å². The quantitative estimate of drug-likeness (QED) is 0.531. The fourth-order valence-electron chi connectivity index (χ4n) is 2.33. The molecular weight excluding hydrogens is 239 g/mol. The Morgan fingerprint density at radius 1 is 1.37 bits per heavy atom. The number of aldehydes is 1. The highest BCUT2D eigenvalue weighted by Crippen LogP contribution is 2.30. The molecule has 0 N–H and O–H groups in total. The van der Waals surface area contributed by atoms with E-state index in [0.29, 0.717) is 0 Å². The van der Waals surface area contributed by atoms with Gasteiger partial charge < -0.3 is 4.79 Å². The van der Waals surface area contributed by atoms with Gasteiger partial charge in [-0.3, -0.25) is 0 Å². The zero-order valence-corrected chi connectivity index (χ0v) is 12.2. The van der Waals surface area contributed by atoms with Crippen LogP contribution in [0.4, 0.5) is 4.39 Å². The van der Waals surface area contributed by atoms with Gasteiger partial charge in [0.15, 0.2) is 0 Å². The molecule has 1 aromatic rings. The van der Waals surface area contributed by atoms with E-state index in [0.717, 1.165) is 30.3 Å². The van der Waals surface area contributed by atoms with Crippen LogP contribution in [0.25, 0.3) is 0 Å². The minimum absolute atomic E-state index is 0.0278. The van der Waals surface area contributed by atoms with Gasteiger partial charge in [0.2, 0.25) is 0 Å². The largest absolute Gasteiger partial charge is 0.303 e. The van der Waals surface area contributed by atoms with Crippen molar-refractivity contribution in [1.29, 1.82) is 0 Å². The van der Waals surface area contributed by atoms with E-state index in [4.69, 9.17) is 0 Å². The third kappa shape index (κ3) is 4.98. The molecule has 0 bridgehead atoms. The van der Waals surface area contributed by atoms with Crippen molar-refractivity contribution >= 4 is 6.29 Å². The Labute approximate surface area is 115 Å². The Morgan fingerprint density at radius 2 is 2.05 bits per heavy atom. The maximum atomic E-state index is 13.2. The maximum Gasteiger partial charge on any atom is 0.123 e. The van der Waals surface area contributed by atoms with Crippen LogP contribution in [0.2, 0.25) is 0 Å². The first-order valence-corrected chi connectivity index (χ1v) is 6.78. The summed E-state index contributed by atoms with van der Waals surface area (Å²) in [6, 6.07) is 4.92. The Morgan fingerprint density at radius 3 is 2.58 bits per heavy atom. The molecule has 0 amide bonds. The molecule has 2 unspecified atom stereocenters. The van der Waals surface area contributed by atoms with Gasteiger partial charge in [-0.15, -0.1) is 0 Å².